The van der Waals surface area contributed by atoms with Gasteiger partial charge in [0.2, 0.25) is 0 Å². The van der Waals surface area contributed by atoms with Crippen LogP contribution in [0.15, 0.2) is 24.3 Å². The summed E-state index contributed by atoms with van der Waals surface area (Å²) in [7, 11) is 3.30. The molecule has 0 amide bonds. The summed E-state index contributed by atoms with van der Waals surface area (Å²) < 4.78 is 10.6. The molecule has 3 nitrogen and oxygen atoms in total. The van der Waals surface area contributed by atoms with E-state index >= 15 is 0 Å². The van der Waals surface area contributed by atoms with Gasteiger partial charge in [-0.05, 0) is 42.5 Å². The van der Waals surface area contributed by atoms with Gasteiger partial charge in [0.25, 0.3) is 0 Å². The molecule has 0 fully saturated rings. The van der Waals surface area contributed by atoms with Crippen LogP contribution in [0.2, 0.25) is 0 Å². The quantitative estimate of drug-likeness (QED) is 0.893. The predicted molar refractivity (Wildman–Crippen MR) is 72.0 cm³/mol. The first-order valence-electron chi connectivity index (χ1n) is 6.35. The number of benzene rings is 1. The van der Waals surface area contributed by atoms with Gasteiger partial charge in [-0.1, -0.05) is 12.5 Å². The zero-order chi connectivity index (χ0) is 13.0. The maximum absolute atomic E-state index is 9.84. The Hall–Kier alpha value is -1.48. The van der Waals surface area contributed by atoms with E-state index in [-0.39, 0.29) is 6.10 Å². The Morgan fingerprint density at radius 2 is 1.72 bits per heavy atom. The molecule has 1 aromatic rings. The molecule has 1 atom stereocenters. The molecule has 0 saturated carbocycles. The average Bonchev–Trinajstić information content (AvgIpc) is 2.62. The normalized spacial score (nSPS) is 19.9. The first-order chi connectivity index (χ1) is 8.72. The molecule has 0 aromatic heterocycles. The first kappa shape index (κ1) is 13.0. The highest BCUT2D eigenvalue weighted by atomic mass is 16.5. The lowest BCUT2D eigenvalue weighted by Crippen LogP contribution is -2.00. The number of hydrogen-bond donors (Lipinski definition) is 1. The maximum Gasteiger partial charge on any atom is 0.123 e. The number of methoxy groups -OCH3 is 2. The molecule has 2 rings (SSSR count). The van der Waals surface area contributed by atoms with Crippen molar-refractivity contribution in [2.24, 2.45) is 0 Å². The summed E-state index contributed by atoms with van der Waals surface area (Å²) in [5.74, 6) is 1.56. The molecule has 0 radical (unpaired) electrons. The van der Waals surface area contributed by atoms with E-state index in [2.05, 4.69) is 0 Å². The van der Waals surface area contributed by atoms with Crippen molar-refractivity contribution in [2.75, 3.05) is 14.2 Å². The van der Waals surface area contributed by atoms with E-state index in [0.717, 1.165) is 42.7 Å². The Morgan fingerprint density at radius 1 is 1.06 bits per heavy atom. The summed E-state index contributed by atoms with van der Waals surface area (Å²) in [6, 6.07) is 5.84. The molecule has 98 valence electrons. The molecule has 1 aromatic carbocycles. The average molecular weight is 248 g/mol. The molecule has 1 aliphatic carbocycles. The molecular weight excluding hydrogens is 228 g/mol. The molecule has 1 aliphatic rings. The Balaban J connectivity index is 2.36. The van der Waals surface area contributed by atoms with Crippen molar-refractivity contribution < 1.29 is 14.6 Å². The predicted octanol–water partition coefficient (Wildman–Crippen LogP) is 3.02. The SMILES string of the molecule is COc1cc(OC)cc(C2=CC(O)CCCC2)c1. The van der Waals surface area contributed by atoms with E-state index in [4.69, 9.17) is 9.47 Å². The van der Waals surface area contributed by atoms with Crippen LogP contribution in [-0.4, -0.2) is 25.4 Å². The van der Waals surface area contributed by atoms with Crippen LogP contribution in [-0.2, 0) is 0 Å². The summed E-state index contributed by atoms with van der Waals surface area (Å²) in [4.78, 5) is 0. The Labute approximate surface area is 108 Å². The van der Waals surface area contributed by atoms with Crippen LogP contribution >= 0.6 is 0 Å². The van der Waals surface area contributed by atoms with Gasteiger partial charge >= 0.3 is 0 Å². The van der Waals surface area contributed by atoms with Crippen molar-refractivity contribution in [2.45, 2.75) is 31.8 Å². The second kappa shape index (κ2) is 5.91. The summed E-state index contributed by atoms with van der Waals surface area (Å²) in [5.41, 5.74) is 2.25. The van der Waals surface area contributed by atoms with Crippen molar-refractivity contribution in [3.05, 3.63) is 29.8 Å². The standard InChI is InChI=1S/C15H20O3/c1-17-14-8-12(9-15(10-14)18-2)11-5-3-4-6-13(16)7-11/h7-10,13,16H,3-6H2,1-2H3. The second-order valence-corrected chi connectivity index (χ2v) is 4.61. The van der Waals surface area contributed by atoms with Gasteiger partial charge in [-0.15, -0.1) is 0 Å². The van der Waals surface area contributed by atoms with Gasteiger partial charge in [0.1, 0.15) is 11.5 Å². The molecule has 0 bridgehead atoms. The van der Waals surface area contributed by atoms with E-state index < -0.39 is 0 Å². The summed E-state index contributed by atoms with van der Waals surface area (Å²) >= 11 is 0. The molecule has 0 heterocycles. The number of aliphatic hydroxyl groups excluding tert-OH is 1. The van der Waals surface area contributed by atoms with Gasteiger partial charge in [-0.25, -0.2) is 0 Å². The van der Waals surface area contributed by atoms with E-state index in [0.29, 0.717) is 0 Å². The largest absolute Gasteiger partial charge is 0.497 e. The highest BCUT2D eigenvalue weighted by molar-refractivity contribution is 5.69. The third kappa shape index (κ3) is 3.05. The highest BCUT2D eigenvalue weighted by Gasteiger charge is 2.12. The Bertz CT molecular complexity index is 415. The van der Waals surface area contributed by atoms with Crippen molar-refractivity contribution in [3.63, 3.8) is 0 Å². The van der Waals surface area contributed by atoms with Crippen LogP contribution < -0.4 is 9.47 Å². The van der Waals surface area contributed by atoms with E-state index in [1.54, 1.807) is 14.2 Å². The lowest BCUT2D eigenvalue weighted by atomic mass is 10.0. The zero-order valence-corrected chi connectivity index (χ0v) is 11.0. The number of aliphatic hydroxyl groups is 1. The highest BCUT2D eigenvalue weighted by Crippen LogP contribution is 2.31. The minimum atomic E-state index is -0.334. The maximum atomic E-state index is 9.84. The minimum Gasteiger partial charge on any atom is -0.497 e. The summed E-state index contributed by atoms with van der Waals surface area (Å²) in [5, 5.41) is 9.84. The topological polar surface area (TPSA) is 38.7 Å². The molecular formula is C15H20O3. The van der Waals surface area contributed by atoms with Crippen LogP contribution in [0.3, 0.4) is 0 Å². The molecule has 1 unspecified atom stereocenters. The van der Waals surface area contributed by atoms with Gasteiger partial charge in [0, 0.05) is 6.07 Å². The van der Waals surface area contributed by atoms with Crippen molar-refractivity contribution >= 4 is 5.57 Å². The summed E-state index contributed by atoms with van der Waals surface area (Å²) in [6.07, 6.45) is 5.66. The number of rotatable bonds is 3. The van der Waals surface area contributed by atoms with Gasteiger partial charge in [-0.2, -0.15) is 0 Å². The zero-order valence-electron chi connectivity index (χ0n) is 11.0. The fourth-order valence-corrected chi connectivity index (χ4v) is 2.30. The minimum absolute atomic E-state index is 0.334. The molecule has 3 heteroatoms. The van der Waals surface area contributed by atoms with Gasteiger partial charge in [0.15, 0.2) is 0 Å². The Kier molecular flexibility index (Phi) is 4.26. The Morgan fingerprint density at radius 3 is 2.33 bits per heavy atom. The first-order valence-corrected chi connectivity index (χ1v) is 6.35. The van der Waals surface area contributed by atoms with Crippen molar-refractivity contribution in [1.82, 2.24) is 0 Å². The third-order valence-corrected chi connectivity index (χ3v) is 3.31. The molecule has 0 saturated heterocycles. The van der Waals surface area contributed by atoms with Crippen LogP contribution in [0.5, 0.6) is 11.5 Å². The third-order valence-electron chi connectivity index (χ3n) is 3.31. The molecule has 0 spiro atoms. The smallest absolute Gasteiger partial charge is 0.123 e. The van der Waals surface area contributed by atoms with Crippen LogP contribution in [0.25, 0.3) is 5.57 Å². The van der Waals surface area contributed by atoms with Crippen LogP contribution in [0.1, 0.15) is 31.2 Å². The number of ether oxygens (including phenoxy) is 2. The van der Waals surface area contributed by atoms with E-state index in [1.165, 1.54) is 5.57 Å². The molecule has 1 N–H and O–H groups in total. The van der Waals surface area contributed by atoms with Crippen molar-refractivity contribution in [3.8, 4) is 11.5 Å². The summed E-state index contributed by atoms with van der Waals surface area (Å²) in [6.45, 7) is 0. The number of allylic oxidation sites excluding steroid dienone is 1. The van der Waals surface area contributed by atoms with Crippen molar-refractivity contribution in [1.29, 1.82) is 0 Å². The van der Waals surface area contributed by atoms with Gasteiger partial charge in [-0.3, -0.25) is 0 Å². The monoisotopic (exact) mass is 248 g/mol. The van der Waals surface area contributed by atoms with Gasteiger partial charge < -0.3 is 14.6 Å². The lowest BCUT2D eigenvalue weighted by Gasteiger charge is -2.11. The van der Waals surface area contributed by atoms with Crippen LogP contribution in [0, 0.1) is 0 Å². The van der Waals surface area contributed by atoms with Gasteiger partial charge in [0.05, 0.1) is 20.3 Å². The van der Waals surface area contributed by atoms with E-state index in [1.807, 2.05) is 24.3 Å². The lowest BCUT2D eigenvalue weighted by molar-refractivity contribution is 0.211. The second-order valence-electron chi connectivity index (χ2n) is 4.61. The molecule has 0 aliphatic heterocycles. The fourth-order valence-electron chi connectivity index (χ4n) is 2.30. The van der Waals surface area contributed by atoms with E-state index in [9.17, 15) is 5.11 Å². The molecule has 18 heavy (non-hydrogen) atoms. The number of hydrogen-bond acceptors (Lipinski definition) is 3. The fraction of sp³-hybridized carbons (Fsp3) is 0.467. The van der Waals surface area contributed by atoms with Crippen LogP contribution in [0.4, 0.5) is 0 Å².